The molecule has 0 atom stereocenters. The number of nitrogens with one attached hydrogen (secondary N) is 1. The summed E-state index contributed by atoms with van der Waals surface area (Å²) in [5.41, 5.74) is 5.15. The summed E-state index contributed by atoms with van der Waals surface area (Å²) >= 11 is 1.28. The van der Waals surface area contributed by atoms with E-state index in [0.717, 1.165) is 28.3 Å². The number of thioether (sulfide) groups is 1. The van der Waals surface area contributed by atoms with Gasteiger partial charge in [-0.2, -0.15) is 5.10 Å². The predicted octanol–water partition coefficient (Wildman–Crippen LogP) is 5.98. The molecular weight excluding hydrogens is 510 g/mol. The first-order chi connectivity index (χ1) is 19.2. The quantitative estimate of drug-likeness (QED) is 0.134. The van der Waals surface area contributed by atoms with Crippen LogP contribution in [-0.2, 0) is 4.79 Å². The summed E-state index contributed by atoms with van der Waals surface area (Å²) in [4.78, 5) is 12.6. The fourth-order valence-corrected chi connectivity index (χ4v) is 4.47. The molecule has 0 aliphatic carbocycles. The first-order valence-electron chi connectivity index (χ1n) is 12.1. The number of ether oxygens (including phenoxy) is 2. The summed E-state index contributed by atoms with van der Waals surface area (Å²) in [6.45, 7) is 0. The SMILES string of the molecule is COc1ccc(-c2nnc(SCC(=O)N/N=C/c3cccc(Oc4ccccc4)c3)n2-c2ccccc2)cc1. The maximum atomic E-state index is 12.6. The number of amides is 1. The second-order valence-corrected chi connectivity index (χ2v) is 9.22. The minimum Gasteiger partial charge on any atom is -0.497 e. The summed E-state index contributed by atoms with van der Waals surface area (Å²) in [5, 5.41) is 13.5. The average molecular weight is 536 g/mol. The highest BCUT2D eigenvalue weighted by atomic mass is 32.2. The van der Waals surface area contributed by atoms with Crippen molar-refractivity contribution in [2.24, 2.45) is 5.10 Å². The van der Waals surface area contributed by atoms with Crippen LogP contribution in [0.3, 0.4) is 0 Å². The molecule has 9 heteroatoms. The van der Waals surface area contributed by atoms with Crippen LogP contribution in [0.5, 0.6) is 17.2 Å². The second-order valence-electron chi connectivity index (χ2n) is 8.28. The number of carbonyl (C=O) groups is 1. The van der Waals surface area contributed by atoms with Crippen LogP contribution in [0.1, 0.15) is 5.56 Å². The van der Waals surface area contributed by atoms with Gasteiger partial charge in [-0.25, -0.2) is 5.43 Å². The summed E-state index contributed by atoms with van der Waals surface area (Å²) < 4.78 is 13.1. The van der Waals surface area contributed by atoms with E-state index in [1.54, 1.807) is 13.3 Å². The Kier molecular flexibility index (Phi) is 8.30. The normalized spacial score (nSPS) is 10.9. The summed E-state index contributed by atoms with van der Waals surface area (Å²) in [6, 6.07) is 34.4. The molecule has 39 heavy (non-hydrogen) atoms. The van der Waals surface area contributed by atoms with Crippen molar-refractivity contribution in [3.05, 3.63) is 115 Å². The first-order valence-corrected chi connectivity index (χ1v) is 13.1. The zero-order valence-electron chi connectivity index (χ0n) is 21.1. The Morgan fingerprint density at radius 1 is 0.872 bits per heavy atom. The highest BCUT2D eigenvalue weighted by Crippen LogP contribution is 2.29. The molecule has 0 fully saturated rings. The van der Waals surface area contributed by atoms with E-state index in [0.29, 0.717) is 16.7 Å². The third-order valence-electron chi connectivity index (χ3n) is 5.57. The summed E-state index contributed by atoms with van der Waals surface area (Å²) in [6.07, 6.45) is 1.58. The number of methoxy groups -OCH3 is 1. The first kappa shape index (κ1) is 25.7. The van der Waals surface area contributed by atoms with Crippen LogP contribution in [0.4, 0.5) is 0 Å². The number of hydrogen-bond acceptors (Lipinski definition) is 7. The Bertz CT molecular complexity index is 1560. The Morgan fingerprint density at radius 3 is 2.33 bits per heavy atom. The van der Waals surface area contributed by atoms with Crippen LogP contribution in [0.25, 0.3) is 17.1 Å². The molecule has 5 rings (SSSR count). The number of carbonyl (C=O) groups excluding carboxylic acids is 1. The van der Waals surface area contributed by atoms with Crippen molar-refractivity contribution in [1.82, 2.24) is 20.2 Å². The van der Waals surface area contributed by atoms with Gasteiger partial charge in [0.15, 0.2) is 11.0 Å². The van der Waals surface area contributed by atoms with Gasteiger partial charge in [-0.3, -0.25) is 9.36 Å². The van der Waals surface area contributed by atoms with E-state index in [2.05, 4.69) is 20.7 Å². The molecule has 1 aromatic heterocycles. The number of hydrazone groups is 1. The number of nitrogens with zero attached hydrogens (tertiary/aromatic N) is 4. The maximum Gasteiger partial charge on any atom is 0.250 e. The third kappa shape index (κ3) is 6.71. The molecule has 1 N–H and O–H groups in total. The summed E-state index contributed by atoms with van der Waals surface area (Å²) in [5.74, 6) is 2.70. The van der Waals surface area contributed by atoms with Crippen LogP contribution in [-0.4, -0.2) is 39.7 Å². The molecule has 0 saturated carbocycles. The Hall–Kier alpha value is -4.89. The van der Waals surface area contributed by atoms with Crippen LogP contribution in [0.2, 0.25) is 0 Å². The van der Waals surface area contributed by atoms with Crippen molar-refractivity contribution < 1.29 is 14.3 Å². The van der Waals surface area contributed by atoms with Crippen molar-refractivity contribution >= 4 is 23.9 Å². The van der Waals surface area contributed by atoms with Crippen molar-refractivity contribution in [3.8, 4) is 34.3 Å². The van der Waals surface area contributed by atoms with Crippen molar-refractivity contribution in [3.63, 3.8) is 0 Å². The van der Waals surface area contributed by atoms with Crippen LogP contribution in [0.15, 0.2) is 119 Å². The molecule has 0 aliphatic rings. The third-order valence-corrected chi connectivity index (χ3v) is 6.50. The minimum atomic E-state index is -0.262. The van der Waals surface area contributed by atoms with E-state index in [-0.39, 0.29) is 11.7 Å². The van der Waals surface area contributed by atoms with Gasteiger partial charge in [0.2, 0.25) is 0 Å². The van der Waals surface area contributed by atoms with Crippen molar-refractivity contribution in [2.75, 3.05) is 12.9 Å². The predicted molar refractivity (Wildman–Crippen MR) is 153 cm³/mol. The molecule has 0 bridgehead atoms. The molecule has 0 spiro atoms. The van der Waals surface area contributed by atoms with E-state index in [1.807, 2.05) is 114 Å². The molecule has 0 saturated heterocycles. The standard InChI is InChI=1S/C30H25N5O3S/c1-37-25-17-15-23(16-18-25)29-33-34-30(35(29)24-10-4-2-5-11-24)39-21-28(36)32-31-20-22-9-8-14-27(19-22)38-26-12-6-3-7-13-26/h2-20H,21H2,1H3,(H,32,36)/b31-20+. The Morgan fingerprint density at radius 2 is 1.59 bits per heavy atom. The van der Waals surface area contributed by atoms with Crippen molar-refractivity contribution in [2.45, 2.75) is 5.16 Å². The molecule has 194 valence electrons. The maximum absolute atomic E-state index is 12.6. The molecule has 0 radical (unpaired) electrons. The second kappa shape index (κ2) is 12.6. The van der Waals surface area contributed by atoms with Crippen LogP contribution in [0, 0.1) is 0 Å². The topological polar surface area (TPSA) is 90.6 Å². The van der Waals surface area contributed by atoms with E-state index in [9.17, 15) is 4.79 Å². The number of hydrogen-bond donors (Lipinski definition) is 1. The number of para-hydroxylation sites is 2. The Balaban J connectivity index is 1.24. The van der Waals surface area contributed by atoms with Gasteiger partial charge >= 0.3 is 0 Å². The van der Waals surface area contributed by atoms with E-state index < -0.39 is 0 Å². The smallest absolute Gasteiger partial charge is 0.250 e. The fraction of sp³-hybridized carbons (Fsp3) is 0.0667. The van der Waals surface area contributed by atoms with E-state index >= 15 is 0 Å². The van der Waals surface area contributed by atoms with Gasteiger partial charge in [0, 0.05) is 11.3 Å². The van der Waals surface area contributed by atoms with Crippen LogP contribution < -0.4 is 14.9 Å². The highest BCUT2D eigenvalue weighted by Gasteiger charge is 2.17. The van der Waals surface area contributed by atoms with Gasteiger partial charge in [0.25, 0.3) is 5.91 Å². The molecule has 0 unspecified atom stereocenters. The van der Waals surface area contributed by atoms with Gasteiger partial charge in [-0.15, -0.1) is 10.2 Å². The number of benzene rings is 4. The minimum absolute atomic E-state index is 0.113. The molecular formula is C30H25N5O3S. The number of aromatic nitrogens is 3. The lowest BCUT2D eigenvalue weighted by atomic mass is 10.2. The van der Waals surface area contributed by atoms with Gasteiger partial charge in [0.05, 0.1) is 19.1 Å². The van der Waals surface area contributed by atoms with Gasteiger partial charge in [-0.1, -0.05) is 60.3 Å². The highest BCUT2D eigenvalue weighted by molar-refractivity contribution is 7.99. The zero-order valence-corrected chi connectivity index (χ0v) is 21.9. The average Bonchev–Trinajstić information content (AvgIpc) is 3.41. The zero-order chi connectivity index (χ0) is 26.9. The largest absolute Gasteiger partial charge is 0.497 e. The van der Waals surface area contributed by atoms with Gasteiger partial charge < -0.3 is 9.47 Å². The van der Waals surface area contributed by atoms with Gasteiger partial charge in [0.1, 0.15) is 17.2 Å². The Labute approximate surface area is 230 Å². The van der Waals surface area contributed by atoms with E-state index in [4.69, 9.17) is 9.47 Å². The molecule has 4 aromatic carbocycles. The molecule has 0 aliphatic heterocycles. The lowest BCUT2D eigenvalue weighted by molar-refractivity contribution is -0.118. The summed E-state index contributed by atoms with van der Waals surface area (Å²) in [7, 11) is 1.63. The molecule has 8 nitrogen and oxygen atoms in total. The fourth-order valence-electron chi connectivity index (χ4n) is 3.72. The lowest BCUT2D eigenvalue weighted by Crippen LogP contribution is -2.20. The number of rotatable bonds is 10. The lowest BCUT2D eigenvalue weighted by Gasteiger charge is -2.10. The molecule has 5 aromatic rings. The van der Waals surface area contributed by atoms with Crippen LogP contribution >= 0.6 is 11.8 Å². The molecule has 1 heterocycles. The monoisotopic (exact) mass is 535 g/mol. The van der Waals surface area contributed by atoms with Crippen molar-refractivity contribution in [1.29, 1.82) is 0 Å². The van der Waals surface area contributed by atoms with Gasteiger partial charge in [-0.05, 0) is 66.2 Å². The van der Waals surface area contributed by atoms with E-state index in [1.165, 1.54) is 11.8 Å². The molecule has 1 amide bonds.